The van der Waals surface area contributed by atoms with Crippen molar-refractivity contribution in [2.24, 2.45) is 5.92 Å². The zero-order valence-corrected chi connectivity index (χ0v) is 16.9. The molecule has 0 spiro atoms. The quantitative estimate of drug-likeness (QED) is 0.604. The van der Waals surface area contributed by atoms with Crippen LogP contribution in [0.3, 0.4) is 0 Å². The van der Waals surface area contributed by atoms with Gasteiger partial charge in [0.25, 0.3) is 0 Å². The molecule has 0 aromatic heterocycles. The lowest BCUT2D eigenvalue weighted by Gasteiger charge is -2.41. The minimum Gasteiger partial charge on any atom is -0.377 e. The van der Waals surface area contributed by atoms with Gasteiger partial charge in [0.15, 0.2) is 0 Å². The number of carbonyl (C=O) groups excluding carboxylic acids is 1. The van der Waals surface area contributed by atoms with Crippen molar-refractivity contribution in [3.05, 3.63) is 0 Å². The summed E-state index contributed by atoms with van der Waals surface area (Å²) in [7, 11) is 1.95. The first-order valence-electron chi connectivity index (χ1n) is 10.3. The predicted octanol–water partition coefficient (Wildman–Crippen LogP) is 2.46. The highest BCUT2D eigenvalue weighted by molar-refractivity contribution is 5.76. The Morgan fingerprint density at radius 2 is 1.80 bits per heavy atom. The number of hydrogen-bond acceptors (Lipinski definition) is 4. The number of amides is 1. The van der Waals surface area contributed by atoms with Crippen LogP contribution in [0, 0.1) is 5.92 Å². The average molecular weight is 354 g/mol. The summed E-state index contributed by atoms with van der Waals surface area (Å²) < 4.78 is 6.02. The van der Waals surface area contributed by atoms with Crippen LogP contribution in [0.5, 0.6) is 0 Å². The molecule has 1 aliphatic carbocycles. The first kappa shape index (κ1) is 20.7. The van der Waals surface area contributed by atoms with Gasteiger partial charge in [0.2, 0.25) is 5.91 Å². The van der Waals surface area contributed by atoms with Gasteiger partial charge >= 0.3 is 0 Å². The summed E-state index contributed by atoms with van der Waals surface area (Å²) in [6.07, 6.45) is 5.15. The van der Waals surface area contributed by atoms with E-state index in [2.05, 4.69) is 30.6 Å². The molecule has 1 saturated heterocycles. The van der Waals surface area contributed by atoms with E-state index in [0.717, 1.165) is 57.8 Å². The highest BCUT2D eigenvalue weighted by Gasteiger charge is 2.34. The van der Waals surface area contributed by atoms with Crippen LogP contribution < -0.4 is 0 Å². The molecule has 5 heteroatoms. The number of rotatable bonds is 10. The Hall–Kier alpha value is -0.650. The third kappa shape index (κ3) is 6.87. The van der Waals surface area contributed by atoms with Gasteiger partial charge in [0, 0.05) is 58.8 Å². The summed E-state index contributed by atoms with van der Waals surface area (Å²) in [6.45, 7) is 14.5. The molecular weight excluding hydrogens is 314 g/mol. The Bertz CT molecular complexity index is 388. The van der Waals surface area contributed by atoms with E-state index in [1.54, 1.807) is 0 Å². The lowest BCUT2D eigenvalue weighted by molar-refractivity contribution is -0.137. The minimum absolute atomic E-state index is 0.296. The van der Waals surface area contributed by atoms with Gasteiger partial charge in [0.1, 0.15) is 0 Å². The number of carbonyl (C=O) groups is 1. The zero-order chi connectivity index (χ0) is 18.2. The van der Waals surface area contributed by atoms with Crippen LogP contribution in [0.2, 0.25) is 0 Å². The fraction of sp³-hybridized carbons (Fsp3) is 0.950. The van der Waals surface area contributed by atoms with Crippen LogP contribution in [-0.4, -0.2) is 85.7 Å². The van der Waals surface area contributed by atoms with Gasteiger partial charge < -0.3 is 14.5 Å². The molecule has 2 fully saturated rings. The van der Waals surface area contributed by atoms with Crippen molar-refractivity contribution in [2.75, 3.05) is 52.9 Å². The van der Waals surface area contributed by atoms with E-state index in [1.807, 2.05) is 11.9 Å². The van der Waals surface area contributed by atoms with Crippen molar-refractivity contribution in [1.29, 1.82) is 0 Å². The van der Waals surface area contributed by atoms with Crippen molar-refractivity contribution in [3.63, 3.8) is 0 Å². The van der Waals surface area contributed by atoms with E-state index in [1.165, 1.54) is 19.6 Å². The molecule has 0 bridgehead atoms. The molecular formula is C20H39N3O2. The van der Waals surface area contributed by atoms with Gasteiger partial charge in [-0.25, -0.2) is 0 Å². The molecule has 0 radical (unpaired) electrons. The SMILES string of the molecule is CCCCC(=O)N(C)C1CC(OCCN2CCN(CC(C)C)CC2)C1. The van der Waals surface area contributed by atoms with E-state index in [4.69, 9.17) is 4.74 Å². The monoisotopic (exact) mass is 353 g/mol. The normalized spacial score (nSPS) is 25.2. The van der Waals surface area contributed by atoms with Crippen molar-refractivity contribution in [3.8, 4) is 0 Å². The topological polar surface area (TPSA) is 36.0 Å². The molecule has 0 aromatic rings. The lowest BCUT2D eigenvalue weighted by Crippen LogP contribution is -2.50. The molecule has 2 rings (SSSR count). The fourth-order valence-corrected chi connectivity index (χ4v) is 3.76. The Morgan fingerprint density at radius 1 is 1.16 bits per heavy atom. The van der Waals surface area contributed by atoms with Crippen molar-refractivity contribution in [2.45, 2.75) is 65.0 Å². The molecule has 146 valence electrons. The zero-order valence-electron chi connectivity index (χ0n) is 16.9. The summed E-state index contributed by atoms with van der Waals surface area (Å²) in [5.41, 5.74) is 0. The maximum atomic E-state index is 12.0. The number of nitrogens with zero attached hydrogens (tertiary/aromatic N) is 3. The first-order valence-corrected chi connectivity index (χ1v) is 10.3. The summed E-state index contributed by atoms with van der Waals surface area (Å²) >= 11 is 0. The van der Waals surface area contributed by atoms with E-state index in [-0.39, 0.29) is 0 Å². The molecule has 0 atom stereocenters. The number of piperazine rings is 1. The van der Waals surface area contributed by atoms with Gasteiger partial charge in [-0.3, -0.25) is 9.69 Å². The van der Waals surface area contributed by atoms with Crippen molar-refractivity contribution in [1.82, 2.24) is 14.7 Å². The molecule has 0 unspecified atom stereocenters. The van der Waals surface area contributed by atoms with Crippen LogP contribution in [0.4, 0.5) is 0 Å². The van der Waals surface area contributed by atoms with Crippen LogP contribution >= 0.6 is 0 Å². The molecule has 5 nitrogen and oxygen atoms in total. The highest BCUT2D eigenvalue weighted by Crippen LogP contribution is 2.28. The van der Waals surface area contributed by atoms with Crippen LogP contribution in [0.25, 0.3) is 0 Å². The molecule has 1 heterocycles. The largest absolute Gasteiger partial charge is 0.377 e. The van der Waals surface area contributed by atoms with E-state index in [0.29, 0.717) is 24.5 Å². The second-order valence-electron chi connectivity index (χ2n) is 8.26. The summed E-state index contributed by atoms with van der Waals surface area (Å²) in [5.74, 6) is 1.05. The van der Waals surface area contributed by atoms with Gasteiger partial charge in [-0.05, 0) is 25.2 Å². The lowest BCUT2D eigenvalue weighted by atomic mass is 9.88. The Morgan fingerprint density at radius 3 is 2.40 bits per heavy atom. The number of unbranched alkanes of at least 4 members (excludes halogenated alkanes) is 1. The van der Waals surface area contributed by atoms with Gasteiger partial charge in [-0.1, -0.05) is 27.2 Å². The molecule has 25 heavy (non-hydrogen) atoms. The van der Waals surface area contributed by atoms with Crippen molar-refractivity contribution < 1.29 is 9.53 Å². The van der Waals surface area contributed by atoms with Gasteiger partial charge in [-0.2, -0.15) is 0 Å². The first-order chi connectivity index (χ1) is 12.0. The number of hydrogen-bond donors (Lipinski definition) is 0. The summed E-state index contributed by atoms with van der Waals surface area (Å²) in [5, 5.41) is 0. The van der Waals surface area contributed by atoms with E-state index in [9.17, 15) is 4.79 Å². The number of ether oxygens (including phenoxy) is 1. The average Bonchev–Trinajstić information content (AvgIpc) is 2.55. The third-order valence-corrected chi connectivity index (χ3v) is 5.60. The Balaban J connectivity index is 1.51. The molecule has 0 N–H and O–H groups in total. The molecule has 1 aliphatic heterocycles. The summed E-state index contributed by atoms with van der Waals surface area (Å²) in [4.78, 5) is 19.1. The molecule has 0 aromatic carbocycles. The standard InChI is InChI=1S/C20H39N3O2/c1-5-6-7-20(24)21(4)18-14-19(15-18)25-13-12-22-8-10-23(11-9-22)16-17(2)3/h17-19H,5-16H2,1-4H3. The molecule has 1 amide bonds. The van der Waals surface area contributed by atoms with E-state index < -0.39 is 0 Å². The Labute approximate surface area is 154 Å². The van der Waals surface area contributed by atoms with Crippen LogP contribution in [0.1, 0.15) is 52.9 Å². The van der Waals surface area contributed by atoms with E-state index >= 15 is 0 Å². The second-order valence-corrected chi connectivity index (χ2v) is 8.26. The van der Waals surface area contributed by atoms with Crippen LogP contribution in [-0.2, 0) is 9.53 Å². The maximum Gasteiger partial charge on any atom is 0.222 e. The molecule has 2 aliphatic rings. The smallest absolute Gasteiger partial charge is 0.222 e. The Kier molecular flexibility index (Phi) is 8.67. The van der Waals surface area contributed by atoms with Gasteiger partial charge in [-0.15, -0.1) is 0 Å². The predicted molar refractivity (Wildman–Crippen MR) is 103 cm³/mol. The second kappa shape index (κ2) is 10.5. The highest BCUT2D eigenvalue weighted by atomic mass is 16.5. The minimum atomic E-state index is 0.296. The van der Waals surface area contributed by atoms with Crippen LogP contribution in [0.15, 0.2) is 0 Å². The fourth-order valence-electron chi connectivity index (χ4n) is 3.76. The van der Waals surface area contributed by atoms with Gasteiger partial charge in [0.05, 0.1) is 12.7 Å². The van der Waals surface area contributed by atoms with Crippen molar-refractivity contribution >= 4 is 5.91 Å². The molecule has 1 saturated carbocycles. The maximum absolute atomic E-state index is 12.0. The third-order valence-electron chi connectivity index (χ3n) is 5.60. The summed E-state index contributed by atoms with van der Waals surface area (Å²) in [6, 6.07) is 0.397.